The number of rotatable bonds is 8. The molecule has 2 rings (SSSR count). The summed E-state index contributed by atoms with van der Waals surface area (Å²) in [5.41, 5.74) is 0.804. The van der Waals surface area contributed by atoms with Gasteiger partial charge >= 0.3 is 0 Å². The van der Waals surface area contributed by atoms with Crippen LogP contribution in [0.1, 0.15) is 20.8 Å². The van der Waals surface area contributed by atoms with E-state index in [1.807, 2.05) is 13.8 Å². The van der Waals surface area contributed by atoms with Gasteiger partial charge in [-0.15, -0.1) is 0 Å². The predicted molar refractivity (Wildman–Crippen MR) is 109 cm³/mol. The molecule has 0 aromatic heterocycles. The van der Waals surface area contributed by atoms with Gasteiger partial charge < -0.3 is 14.2 Å². The molecule has 0 saturated carbocycles. The normalized spacial score (nSPS) is 10.8. The SMILES string of the molecule is COc1cc(OC(C)C)ccc1N=NCC(=O)N(C(C)=O)c1ccccc1OC. The number of imide groups is 1. The molecule has 2 aromatic rings. The molecular formula is C21H25N3O5. The minimum Gasteiger partial charge on any atom is -0.495 e. The lowest BCUT2D eigenvalue weighted by Crippen LogP contribution is -2.37. The Morgan fingerprint density at radius 1 is 1.03 bits per heavy atom. The molecule has 0 aliphatic heterocycles. The van der Waals surface area contributed by atoms with E-state index in [1.54, 1.807) is 42.5 Å². The first-order chi connectivity index (χ1) is 13.9. The number of para-hydroxylation sites is 2. The first-order valence-electron chi connectivity index (χ1n) is 9.06. The molecular weight excluding hydrogens is 374 g/mol. The monoisotopic (exact) mass is 399 g/mol. The molecule has 2 amide bonds. The highest BCUT2D eigenvalue weighted by atomic mass is 16.5. The van der Waals surface area contributed by atoms with Gasteiger partial charge in [0, 0.05) is 13.0 Å². The van der Waals surface area contributed by atoms with Crippen LogP contribution in [0.15, 0.2) is 52.7 Å². The van der Waals surface area contributed by atoms with Gasteiger partial charge in [0.2, 0.25) is 5.91 Å². The number of amides is 2. The van der Waals surface area contributed by atoms with Crippen molar-refractivity contribution in [3.05, 3.63) is 42.5 Å². The Labute approximate surface area is 170 Å². The topological polar surface area (TPSA) is 89.8 Å². The van der Waals surface area contributed by atoms with Crippen LogP contribution in [0.5, 0.6) is 17.2 Å². The summed E-state index contributed by atoms with van der Waals surface area (Å²) >= 11 is 0. The number of hydrogen-bond acceptors (Lipinski definition) is 7. The van der Waals surface area contributed by atoms with Crippen molar-refractivity contribution in [2.45, 2.75) is 26.9 Å². The van der Waals surface area contributed by atoms with Crippen molar-refractivity contribution in [1.82, 2.24) is 0 Å². The van der Waals surface area contributed by atoms with Crippen LogP contribution in [-0.2, 0) is 9.59 Å². The Bertz CT molecular complexity index is 896. The van der Waals surface area contributed by atoms with E-state index < -0.39 is 11.8 Å². The summed E-state index contributed by atoms with van der Waals surface area (Å²) in [6.07, 6.45) is 0.0253. The second-order valence-corrected chi connectivity index (χ2v) is 6.32. The number of hydrogen-bond donors (Lipinski definition) is 0. The lowest BCUT2D eigenvalue weighted by atomic mass is 10.2. The molecule has 29 heavy (non-hydrogen) atoms. The van der Waals surface area contributed by atoms with E-state index in [2.05, 4.69) is 10.2 Å². The van der Waals surface area contributed by atoms with Gasteiger partial charge in [0.15, 0.2) is 0 Å². The van der Waals surface area contributed by atoms with E-state index in [-0.39, 0.29) is 12.6 Å². The molecule has 2 aromatic carbocycles. The van der Waals surface area contributed by atoms with E-state index in [0.717, 1.165) is 4.90 Å². The summed E-state index contributed by atoms with van der Waals surface area (Å²) in [4.78, 5) is 25.7. The molecule has 0 atom stereocenters. The van der Waals surface area contributed by atoms with Crippen LogP contribution in [0.2, 0.25) is 0 Å². The van der Waals surface area contributed by atoms with Crippen LogP contribution in [-0.4, -0.2) is 38.7 Å². The van der Waals surface area contributed by atoms with Crippen molar-refractivity contribution < 1.29 is 23.8 Å². The standard InChI is InChI=1S/C21H25N3O5/c1-14(2)29-16-10-11-17(20(12-16)28-5)23-22-13-21(26)24(15(3)25)18-8-6-7-9-19(18)27-4/h6-12,14H,13H2,1-5H3. The number of nitrogens with zero attached hydrogens (tertiary/aromatic N) is 3. The molecule has 8 nitrogen and oxygen atoms in total. The van der Waals surface area contributed by atoms with E-state index in [9.17, 15) is 9.59 Å². The highest BCUT2D eigenvalue weighted by Gasteiger charge is 2.23. The predicted octanol–water partition coefficient (Wildman–Crippen LogP) is 4.15. The summed E-state index contributed by atoms with van der Waals surface area (Å²) in [6, 6.07) is 11.9. The minimum absolute atomic E-state index is 0.0253. The van der Waals surface area contributed by atoms with E-state index in [0.29, 0.717) is 28.6 Å². The number of carbonyl (C=O) groups is 2. The van der Waals surface area contributed by atoms with Crippen molar-refractivity contribution in [2.75, 3.05) is 25.7 Å². The number of azo groups is 1. The molecule has 0 saturated heterocycles. The van der Waals surface area contributed by atoms with E-state index in [1.165, 1.54) is 21.1 Å². The van der Waals surface area contributed by atoms with Crippen LogP contribution in [0.4, 0.5) is 11.4 Å². The van der Waals surface area contributed by atoms with Gasteiger partial charge in [0.1, 0.15) is 29.5 Å². The highest BCUT2D eigenvalue weighted by molar-refractivity contribution is 6.15. The van der Waals surface area contributed by atoms with Gasteiger partial charge in [-0.2, -0.15) is 10.2 Å². The maximum absolute atomic E-state index is 12.6. The van der Waals surface area contributed by atoms with Crippen molar-refractivity contribution in [2.24, 2.45) is 10.2 Å². The zero-order chi connectivity index (χ0) is 21.4. The quantitative estimate of drug-likeness (QED) is 0.622. The average molecular weight is 399 g/mol. The fourth-order valence-corrected chi connectivity index (χ4v) is 2.62. The summed E-state index contributed by atoms with van der Waals surface area (Å²) in [5, 5.41) is 8.01. The first kappa shape index (κ1) is 21.9. The highest BCUT2D eigenvalue weighted by Crippen LogP contribution is 2.32. The lowest BCUT2D eigenvalue weighted by Gasteiger charge is -2.20. The molecule has 0 radical (unpaired) electrons. The van der Waals surface area contributed by atoms with Crippen LogP contribution < -0.4 is 19.1 Å². The molecule has 154 valence electrons. The van der Waals surface area contributed by atoms with Crippen molar-refractivity contribution >= 4 is 23.2 Å². The van der Waals surface area contributed by atoms with Crippen LogP contribution in [0.3, 0.4) is 0 Å². The minimum atomic E-state index is -0.524. The fraction of sp³-hybridized carbons (Fsp3) is 0.333. The van der Waals surface area contributed by atoms with Crippen molar-refractivity contribution in [3.63, 3.8) is 0 Å². The molecule has 0 fully saturated rings. The number of ether oxygens (including phenoxy) is 3. The third-order valence-electron chi connectivity index (χ3n) is 3.80. The molecule has 0 aliphatic carbocycles. The Morgan fingerprint density at radius 3 is 2.34 bits per heavy atom. The number of anilines is 1. The average Bonchev–Trinajstić information content (AvgIpc) is 2.68. The zero-order valence-corrected chi connectivity index (χ0v) is 17.2. The lowest BCUT2D eigenvalue weighted by molar-refractivity contribution is -0.124. The molecule has 0 aliphatic rings. The van der Waals surface area contributed by atoms with E-state index >= 15 is 0 Å². The second-order valence-electron chi connectivity index (χ2n) is 6.32. The Balaban J connectivity index is 2.18. The largest absolute Gasteiger partial charge is 0.495 e. The van der Waals surface area contributed by atoms with Crippen molar-refractivity contribution in [1.29, 1.82) is 0 Å². The summed E-state index contributed by atoms with van der Waals surface area (Å²) < 4.78 is 16.2. The van der Waals surface area contributed by atoms with Gasteiger partial charge in [-0.25, -0.2) is 4.90 Å². The summed E-state index contributed by atoms with van der Waals surface area (Å²) in [7, 11) is 2.98. The molecule has 0 N–H and O–H groups in total. The molecule has 0 unspecified atom stereocenters. The van der Waals surface area contributed by atoms with Crippen molar-refractivity contribution in [3.8, 4) is 17.2 Å². The Kier molecular flexibility index (Phi) is 7.70. The van der Waals surface area contributed by atoms with Gasteiger partial charge in [-0.05, 0) is 38.1 Å². The number of benzene rings is 2. The number of carbonyl (C=O) groups excluding carboxylic acids is 2. The van der Waals surface area contributed by atoms with Gasteiger partial charge in [0.25, 0.3) is 5.91 Å². The summed E-state index contributed by atoms with van der Waals surface area (Å²) in [5.74, 6) is 0.556. The molecule has 0 heterocycles. The second kappa shape index (κ2) is 10.2. The zero-order valence-electron chi connectivity index (χ0n) is 17.2. The number of methoxy groups -OCH3 is 2. The molecule has 0 bridgehead atoms. The Morgan fingerprint density at radius 2 is 1.72 bits per heavy atom. The molecule has 0 spiro atoms. The maximum atomic E-state index is 12.6. The van der Waals surface area contributed by atoms with Gasteiger partial charge in [-0.3, -0.25) is 9.59 Å². The first-order valence-corrected chi connectivity index (χ1v) is 9.06. The van der Waals surface area contributed by atoms with Crippen LogP contribution >= 0.6 is 0 Å². The third kappa shape index (κ3) is 5.78. The van der Waals surface area contributed by atoms with Crippen LogP contribution in [0, 0.1) is 0 Å². The van der Waals surface area contributed by atoms with Gasteiger partial charge in [-0.1, -0.05) is 12.1 Å². The fourth-order valence-electron chi connectivity index (χ4n) is 2.62. The van der Waals surface area contributed by atoms with Gasteiger partial charge in [0.05, 0.1) is 26.0 Å². The van der Waals surface area contributed by atoms with Crippen LogP contribution in [0.25, 0.3) is 0 Å². The Hall–Kier alpha value is -3.42. The third-order valence-corrected chi connectivity index (χ3v) is 3.80. The smallest absolute Gasteiger partial charge is 0.257 e. The molecule has 8 heteroatoms. The van der Waals surface area contributed by atoms with E-state index in [4.69, 9.17) is 14.2 Å². The summed E-state index contributed by atoms with van der Waals surface area (Å²) in [6.45, 7) is 4.84. The maximum Gasteiger partial charge on any atom is 0.257 e.